The smallest absolute Gasteiger partial charge is 0.311 e. The maximum atomic E-state index is 13.0. The number of carbonyl (C=O) groups excluding carboxylic acids is 2. The number of non-ortho nitro benzene ring substituents is 1. The number of esters is 1. The number of hydrogen-bond donors (Lipinski definition) is 0. The van der Waals surface area contributed by atoms with Gasteiger partial charge >= 0.3 is 5.97 Å². The second kappa shape index (κ2) is 8.93. The summed E-state index contributed by atoms with van der Waals surface area (Å²) in [6.07, 6.45) is -1.16. The first-order valence-electron chi connectivity index (χ1n) is 9.02. The number of ether oxygens (including phenoxy) is 1. The van der Waals surface area contributed by atoms with Crippen LogP contribution in [0, 0.1) is 17.0 Å². The number of benzene rings is 3. The van der Waals surface area contributed by atoms with E-state index in [0.717, 1.165) is 5.56 Å². The Morgan fingerprint density at radius 3 is 2.14 bits per heavy atom. The van der Waals surface area contributed by atoms with Crippen molar-refractivity contribution >= 4 is 17.4 Å². The van der Waals surface area contributed by atoms with Crippen molar-refractivity contribution in [3.8, 4) is 0 Å². The van der Waals surface area contributed by atoms with Crippen LogP contribution in [-0.2, 0) is 16.0 Å². The summed E-state index contributed by atoms with van der Waals surface area (Å²) in [5.74, 6) is -0.901. The molecule has 0 fully saturated rings. The molecule has 3 aromatic rings. The third-order valence-corrected chi connectivity index (χ3v) is 4.42. The highest BCUT2D eigenvalue weighted by atomic mass is 16.6. The van der Waals surface area contributed by atoms with Crippen LogP contribution in [0.15, 0.2) is 78.9 Å². The molecule has 0 saturated heterocycles. The summed E-state index contributed by atoms with van der Waals surface area (Å²) in [7, 11) is 0. The summed E-state index contributed by atoms with van der Waals surface area (Å²) in [5, 5.41) is 10.7. The van der Waals surface area contributed by atoms with E-state index in [2.05, 4.69) is 0 Å². The first kappa shape index (κ1) is 19.9. The molecule has 0 bridgehead atoms. The quantitative estimate of drug-likeness (QED) is 0.255. The highest BCUT2D eigenvalue weighted by Crippen LogP contribution is 2.24. The van der Waals surface area contributed by atoms with E-state index in [1.807, 2.05) is 25.1 Å². The number of rotatable bonds is 7. The molecule has 3 rings (SSSR count). The standard InChI is InChI=1S/C23H19NO5/c1-16-7-11-18(12-8-16)22(26)23(19-5-3-2-4-6-19)29-21(25)15-17-9-13-20(14-10-17)24(27)28/h2-14,23H,15H2,1H3/t23-/m1/s1. The molecule has 0 saturated carbocycles. The largest absolute Gasteiger partial charge is 0.449 e. The Balaban J connectivity index is 1.79. The summed E-state index contributed by atoms with van der Waals surface area (Å²) in [6.45, 7) is 1.92. The first-order valence-corrected chi connectivity index (χ1v) is 9.02. The lowest BCUT2D eigenvalue weighted by Crippen LogP contribution is -2.21. The molecule has 0 N–H and O–H groups in total. The van der Waals surface area contributed by atoms with Gasteiger partial charge in [-0.2, -0.15) is 0 Å². The lowest BCUT2D eigenvalue weighted by atomic mass is 9.99. The van der Waals surface area contributed by atoms with Gasteiger partial charge in [-0.05, 0) is 12.5 Å². The predicted octanol–water partition coefficient (Wildman–Crippen LogP) is 4.61. The number of nitro groups is 1. The van der Waals surface area contributed by atoms with Crippen molar-refractivity contribution in [3.05, 3.63) is 111 Å². The van der Waals surface area contributed by atoms with E-state index < -0.39 is 17.0 Å². The van der Waals surface area contributed by atoms with Crippen LogP contribution in [0.4, 0.5) is 5.69 Å². The molecule has 0 radical (unpaired) electrons. The number of nitro benzene ring substituents is 1. The van der Waals surface area contributed by atoms with Crippen molar-refractivity contribution < 1.29 is 19.2 Å². The van der Waals surface area contributed by atoms with E-state index in [4.69, 9.17) is 4.74 Å². The van der Waals surface area contributed by atoms with Gasteiger partial charge in [0.05, 0.1) is 11.3 Å². The molecule has 0 spiro atoms. The Morgan fingerprint density at radius 1 is 0.931 bits per heavy atom. The van der Waals surface area contributed by atoms with Gasteiger partial charge in [-0.1, -0.05) is 72.3 Å². The molecule has 0 unspecified atom stereocenters. The average Bonchev–Trinajstić information content (AvgIpc) is 2.73. The maximum absolute atomic E-state index is 13.0. The van der Waals surface area contributed by atoms with Gasteiger partial charge in [0.2, 0.25) is 5.78 Å². The molecule has 3 aromatic carbocycles. The Morgan fingerprint density at radius 2 is 1.55 bits per heavy atom. The number of ketones is 1. The molecule has 0 aliphatic rings. The van der Waals surface area contributed by atoms with Crippen LogP contribution in [0.1, 0.15) is 33.2 Å². The zero-order valence-corrected chi connectivity index (χ0v) is 15.8. The Labute approximate surface area is 167 Å². The van der Waals surface area contributed by atoms with E-state index in [1.165, 1.54) is 24.3 Å². The van der Waals surface area contributed by atoms with Crippen LogP contribution in [0.2, 0.25) is 0 Å². The molecule has 0 aliphatic heterocycles. The van der Waals surface area contributed by atoms with Crippen LogP contribution in [0.3, 0.4) is 0 Å². The van der Waals surface area contributed by atoms with Gasteiger partial charge in [0, 0.05) is 23.3 Å². The minimum absolute atomic E-state index is 0.0566. The van der Waals surface area contributed by atoms with Crippen LogP contribution in [-0.4, -0.2) is 16.7 Å². The molecular weight excluding hydrogens is 370 g/mol. The zero-order valence-electron chi connectivity index (χ0n) is 15.8. The normalized spacial score (nSPS) is 11.5. The minimum atomic E-state index is -1.07. The molecule has 0 aromatic heterocycles. The van der Waals surface area contributed by atoms with Gasteiger partial charge in [-0.15, -0.1) is 0 Å². The van der Waals surface area contributed by atoms with Crippen molar-refractivity contribution in [3.63, 3.8) is 0 Å². The number of hydrogen-bond acceptors (Lipinski definition) is 5. The topological polar surface area (TPSA) is 86.5 Å². The van der Waals surface area contributed by atoms with Gasteiger partial charge in [-0.3, -0.25) is 19.7 Å². The van der Waals surface area contributed by atoms with E-state index >= 15 is 0 Å². The second-order valence-electron chi connectivity index (χ2n) is 6.61. The maximum Gasteiger partial charge on any atom is 0.311 e. The van der Waals surface area contributed by atoms with Crippen LogP contribution in [0.5, 0.6) is 0 Å². The van der Waals surface area contributed by atoms with Gasteiger partial charge in [0.15, 0.2) is 6.10 Å². The van der Waals surface area contributed by atoms with Gasteiger partial charge in [0.1, 0.15) is 0 Å². The highest BCUT2D eigenvalue weighted by Gasteiger charge is 2.26. The monoisotopic (exact) mass is 389 g/mol. The van der Waals surface area contributed by atoms with Gasteiger partial charge in [-0.25, -0.2) is 0 Å². The van der Waals surface area contributed by atoms with Crippen molar-refractivity contribution in [2.75, 3.05) is 0 Å². The lowest BCUT2D eigenvalue weighted by molar-refractivity contribution is -0.384. The van der Waals surface area contributed by atoms with E-state index in [1.54, 1.807) is 36.4 Å². The third kappa shape index (κ3) is 5.13. The molecule has 6 nitrogen and oxygen atoms in total. The van der Waals surface area contributed by atoms with E-state index in [-0.39, 0.29) is 17.9 Å². The summed E-state index contributed by atoms with van der Waals surface area (Å²) in [5.41, 5.74) is 2.56. The fourth-order valence-electron chi connectivity index (χ4n) is 2.85. The van der Waals surface area contributed by atoms with Crippen LogP contribution >= 0.6 is 0 Å². The van der Waals surface area contributed by atoms with Gasteiger partial charge < -0.3 is 4.74 Å². The second-order valence-corrected chi connectivity index (χ2v) is 6.61. The van der Waals surface area contributed by atoms with Crippen LogP contribution in [0.25, 0.3) is 0 Å². The van der Waals surface area contributed by atoms with Crippen LogP contribution < -0.4 is 0 Å². The number of aryl methyl sites for hydroxylation is 1. The number of Topliss-reactive ketones (excluding diaryl/α,β-unsaturated/α-hetero) is 1. The van der Waals surface area contributed by atoms with Gasteiger partial charge in [0.25, 0.3) is 5.69 Å². The Hall–Kier alpha value is -3.80. The van der Waals surface area contributed by atoms with Crippen molar-refractivity contribution in [1.82, 2.24) is 0 Å². The molecule has 0 aliphatic carbocycles. The number of carbonyl (C=O) groups is 2. The minimum Gasteiger partial charge on any atom is -0.449 e. The molecule has 29 heavy (non-hydrogen) atoms. The molecule has 6 heteroatoms. The summed E-state index contributed by atoms with van der Waals surface area (Å²) < 4.78 is 5.54. The number of nitrogens with zero attached hydrogens (tertiary/aromatic N) is 1. The van der Waals surface area contributed by atoms with Crippen molar-refractivity contribution in [2.24, 2.45) is 0 Å². The summed E-state index contributed by atoms with van der Waals surface area (Å²) in [4.78, 5) is 35.7. The van der Waals surface area contributed by atoms with E-state index in [0.29, 0.717) is 16.7 Å². The fraction of sp³-hybridized carbons (Fsp3) is 0.130. The molecule has 1 atom stereocenters. The van der Waals surface area contributed by atoms with E-state index in [9.17, 15) is 19.7 Å². The molecular formula is C23H19NO5. The summed E-state index contributed by atoms with van der Waals surface area (Å²) >= 11 is 0. The SMILES string of the molecule is Cc1ccc(C(=O)[C@H](OC(=O)Cc2ccc([N+](=O)[O-])cc2)c2ccccc2)cc1. The Kier molecular flexibility index (Phi) is 6.14. The fourth-order valence-corrected chi connectivity index (χ4v) is 2.85. The highest BCUT2D eigenvalue weighted by molar-refractivity contribution is 6.01. The molecule has 146 valence electrons. The first-order chi connectivity index (χ1) is 13.9. The molecule has 0 amide bonds. The zero-order chi connectivity index (χ0) is 20.8. The van der Waals surface area contributed by atoms with Crippen molar-refractivity contribution in [1.29, 1.82) is 0 Å². The average molecular weight is 389 g/mol. The van der Waals surface area contributed by atoms with Crippen molar-refractivity contribution in [2.45, 2.75) is 19.4 Å². The summed E-state index contributed by atoms with van der Waals surface area (Å²) in [6, 6.07) is 21.5. The predicted molar refractivity (Wildman–Crippen MR) is 108 cm³/mol. The molecule has 0 heterocycles. The Bertz CT molecular complexity index is 1010. The lowest BCUT2D eigenvalue weighted by Gasteiger charge is -2.17. The third-order valence-electron chi connectivity index (χ3n) is 4.42.